The monoisotopic (exact) mass is 410 g/mol. The fraction of sp³-hybridized carbons (Fsp3) is 0.0833. The lowest BCUT2D eigenvalue weighted by atomic mass is 10.1. The Morgan fingerprint density at radius 3 is 2.52 bits per heavy atom. The Labute approximate surface area is 178 Å². The number of esters is 1. The van der Waals surface area contributed by atoms with E-state index in [0.717, 1.165) is 16.6 Å². The number of amides is 1. The topological polar surface area (TPSA) is 86.1 Å². The number of benzene rings is 3. The van der Waals surface area contributed by atoms with E-state index in [1.54, 1.807) is 35.0 Å². The minimum Gasteiger partial charge on any atom is -0.465 e. The standard InChI is InChI=1S/C24H18N4O3/c1-31-24(30)19-8-4-6-17(14-19)12-13-18-7-5-9-20(15-18)25-23(29)16-28-22-11-3-2-10-21(22)26-27-28/h2-11,14-15H,16H2,1H3,(H,25,29). The maximum Gasteiger partial charge on any atom is 0.337 e. The highest BCUT2D eigenvalue weighted by atomic mass is 16.5. The number of carbonyl (C=O) groups excluding carboxylic acids is 2. The molecule has 0 saturated carbocycles. The van der Waals surface area contributed by atoms with Gasteiger partial charge in [0.05, 0.1) is 18.2 Å². The summed E-state index contributed by atoms with van der Waals surface area (Å²) in [6.07, 6.45) is 0. The first kappa shape index (κ1) is 19.9. The summed E-state index contributed by atoms with van der Waals surface area (Å²) in [5, 5.41) is 10.9. The van der Waals surface area contributed by atoms with Gasteiger partial charge in [-0.2, -0.15) is 0 Å². The molecule has 0 bridgehead atoms. The van der Waals surface area contributed by atoms with E-state index >= 15 is 0 Å². The van der Waals surface area contributed by atoms with Crippen molar-refractivity contribution in [1.82, 2.24) is 15.0 Å². The second-order valence-corrected chi connectivity index (χ2v) is 6.69. The van der Waals surface area contributed by atoms with Gasteiger partial charge in [-0.1, -0.05) is 41.3 Å². The van der Waals surface area contributed by atoms with E-state index in [4.69, 9.17) is 4.74 Å². The first-order chi connectivity index (χ1) is 15.1. The summed E-state index contributed by atoms with van der Waals surface area (Å²) in [6, 6.07) is 21.6. The minimum absolute atomic E-state index is 0.0523. The van der Waals surface area contributed by atoms with Gasteiger partial charge in [0.1, 0.15) is 12.1 Å². The molecule has 4 rings (SSSR count). The van der Waals surface area contributed by atoms with E-state index in [-0.39, 0.29) is 12.5 Å². The average molecular weight is 410 g/mol. The van der Waals surface area contributed by atoms with Crippen LogP contribution in [-0.2, 0) is 16.1 Å². The lowest BCUT2D eigenvalue weighted by Crippen LogP contribution is -2.19. The molecule has 0 aliphatic carbocycles. The van der Waals surface area contributed by atoms with Crippen LogP contribution in [0.1, 0.15) is 21.5 Å². The number of aromatic nitrogens is 3. The van der Waals surface area contributed by atoms with Crippen molar-refractivity contribution in [2.45, 2.75) is 6.54 Å². The van der Waals surface area contributed by atoms with Gasteiger partial charge in [-0.05, 0) is 48.5 Å². The summed E-state index contributed by atoms with van der Waals surface area (Å²) in [5.74, 6) is 5.45. The maximum absolute atomic E-state index is 12.5. The third kappa shape index (κ3) is 4.77. The molecule has 1 heterocycles. The van der Waals surface area contributed by atoms with E-state index in [9.17, 15) is 9.59 Å². The van der Waals surface area contributed by atoms with Crippen molar-refractivity contribution in [2.24, 2.45) is 0 Å². The zero-order valence-electron chi connectivity index (χ0n) is 16.7. The highest BCUT2D eigenvalue weighted by molar-refractivity contribution is 5.91. The molecule has 0 spiro atoms. The van der Waals surface area contributed by atoms with Gasteiger partial charge in [0.15, 0.2) is 0 Å². The first-order valence-corrected chi connectivity index (χ1v) is 9.51. The molecule has 4 aromatic rings. The number of methoxy groups -OCH3 is 1. The lowest BCUT2D eigenvalue weighted by Gasteiger charge is -2.06. The summed E-state index contributed by atoms with van der Waals surface area (Å²) >= 11 is 0. The van der Waals surface area contributed by atoms with Gasteiger partial charge in [-0.3, -0.25) is 4.79 Å². The van der Waals surface area contributed by atoms with Gasteiger partial charge >= 0.3 is 5.97 Å². The SMILES string of the molecule is COC(=O)c1cccc(C#Cc2cccc(NC(=O)Cn3nnc4ccccc43)c2)c1. The van der Waals surface area contributed by atoms with Crippen LogP contribution in [0.15, 0.2) is 72.8 Å². The molecule has 7 heteroatoms. The molecule has 3 aromatic carbocycles. The predicted molar refractivity (Wildman–Crippen MR) is 116 cm³/mol. The molecule has 1 N–H and O–H groups in total. The molecule has 0 radical (unpaired) electrons. The molecule has 0 unspecified atom stereocenters. The van der Waals surface area contributed by atoms with E-state index in [1.165, 1.54) is 7.11 Å². The molecule has 31 heavy (non-hydrogen) atoms. The summed E-state index contributed by atoms with van der Waals surface area (Å²) in [4.78, 5) is 24.1. The molecule has 1 aromatic heterocycles. The van der Waals surface area contributed by atoms with Crippen molar-refractivity contribution < 1.29 is 14.3 Å². The predicted octanol–water partition coefficient (Wildman–Crippen LogP) is 3.26. The third-order valence-corrected chi connectivity index (χ3v) is 4.49. The van der Waals surface area contributed by atoms with Crippen LogP contribution in [-0.4, -0.2) is 34.0 Å². The van der Waals surface area contributed by atoms with Gasteiger partial charge < -0.3 is 10.1 Å². The molecule has 0 atom stereocenters. The van der Waals surface area contributed by atoms with Crippen molar-refractivity contribution in [3.05, 3.63) is 89.5 Å². The number of para-hydroxylation sites is 1. The Morgan fingerprint density at radius 2 is 1.71 bits per heavy atom. The van der Waals surface area contributed by atoms with Crippen LogP contribution in [0.5, 0.6) is 0 Å². The Hall–Kier alpha value is -4.44. The second-order valence-electron chi connectivity index (χ2n) is 6.69. The number of carbonyl (C=O) groups is 2. The largest absolute Gasteiger partial charge is 0.465 e. The fourth-order valence-corrected chi connectivity index (χ4v) is 3.03. The van der Waals surface area contributed by atoms with Crippen LogP contribution in [0, 0.1) is 11.8 Å². The van der Waals surface area contributed by atoms with Crippen molar-refractivity contribution in [3.8, 4) is 11.8 Å². The number of ether oxygens (including phenoxy) is 1. The van der Waals surface area contributed by atoms with Crippen LogP contribution in [0.4, 0.5) is 5.69 Å². The molecule has 152 valence electrons. The molecule has 0 saturated heterocycles. The summed E-state index contributed by atoms with van der Waals surface area (Å²) in [6.45, 7) is 0.0523. The summed E-state index contributed by atoms with van der Waals surface area (Å²) in [5.41, 5.74) is 4.03. The van der Waals surface area contributed by atoms with E-state index in [2.05, 4.69) is 27.5 Å². The minimum atomic E-state index is -0.409. The zero-order chi connectivity index (χ0) is 21.6. The Morgan fingerprint density at radius 1 is 0.968 bits per heavy atom. The molecule has 0 aliphatic rings. The lowest BCUT2D eigenvalue weighted by molar-refractivity contribution is -0.116. The van der Waals surface area contributed by atoms with Crippen molar-refractivity contribution in [3.63, 3.8) is 0 Å². The van der Waals surface area contributed by atoms with Crippen molar-refractivity contribution in [2.75, 3.05) is 12.4 Å². The van der Waals surface area contributed by atoms with E-state index in [0.29, 0.717) is 16.8 Å². The quantitative estimate of drug-likeness (QED) is 0.412. The van der Waals surface area contributed by atoms with Gasteiger partial charge in [0.25, 0.3) is 0 Å². The number of hydrogen-bond donors (Lipinski definition) is 1. The molecular formula is C24H18N4O3. The van der Waals surface area contributed by atoms with E-state index < -0.39 is 5.97 Å². The van der Waals surface area contributed by atoms with Crippen LogP contribution in [0.3, 0.4) is 0 Å². The summed E-state index contributed by atoms with van der Waals surface area (Å²) < 4.78 is 6.29. The Bertz CT molecular complexity index is 1330. The molecule has 7 nitrogen and oxygen atoms in total. The molecular weight excluding hydrogens is 392 g/mol. The highest BCUT2D eigenvalue weighted by Gasteiger charge is 2.09. The van der Waals surface area contributed by atoms with Gasteiger partial charge in [-0.25, -0.2) is 9.48 Å². The van der Waals surface area contributed by atoms with E-state index in [1.807, 2.05) is 42.5 Å². The van der Waals surface area contributed by atoms with Gasteiger partial charge in [-0.15, -0.1) is 5.10 Å². The van der Waals surface area contributed by atoms with Crippen molar-refractivity contribution >= 4 is 28.6 Å². The van der Waals surface area contributed by atoms with Crippen LogP contribution >= 0.6 is 0 Å². The fourth-order valence-electron chi connectivity index (χ4n) is 3.03. The number of nitrogens with one attached hydrogen (secondary N) is 1. The Balaban J connectivity index is 1.46. The van der Waals surface area contributed by atoms with Crippen molar-refractivity contribution in [1.29, 1.82) is 0 Å². The Kier molecular flexibility index (Phi) is 5.72. The molecule has 1 amide bonds. The average Bonchev–Trinajstić information content (AvgIpc) is 3.20. The normalized spacial score (nSPS) is 10.2. The van der Waals surface area contributed by atoms with Crippen LogP contribution < -0.4 is 5.32 Å². The smallest absolute Gasteiger partial charge is 0.337 e. The van der Waals surface area contributed by atoms with Crippen LogP contribution in [0.2, 0.25) is 0 Å². The van der Waals surface area contributed by atoms with Gasteiger partial charge in [0.2, 0.25) is 5.91 Å². The first-order valence-electron chi connectivity index (χ1n) is 9.51. The number of nitrogens with zero attached hydrogens (tertiary/aromatic N) is 3. The zero-order valence-corrected chi connectivity index (χ0v) is 16.7. The maximum atomic E-state index is 12.5. The number of rotatable bonds is 4. The summed E-state index contributed by atoms with van der Waals surface area (Å²) in [7, 11) is 1.34. The number of hydrogen-bond acceptors (Lipinski definition) is 5. The number of fused-ring (bicyclic) bond motifs is 1. The molecule has 0 fully saturated rings. The third-order valence-electron chi connectivity index (χ3n) is 4.49. The molecule has 0 aliphatic heterocycles. The number of anilines is 1. The van der Waals surface area contributed by atoms with Crippen LogP contribution in [0.25, 0.3) is 11.0 Å². The van der Waals surface area contributed by atoms with Gasteiger partial charge in [0, 0.05) is 16.8 Å². The highest BCUT2D eigenvalue weighted by Crippen LogP contribution is 2.13. The second kappa shape index (κ2) is 8.93.